The van der Waals surface area contributed by atoms with Gasteiger partial charge >= 0.3 is 5.97 Å². The van der Waals surface area contributed by atoms with Crippen LogP contribution in [0.4, 0.5) is 0 Å². The lowest BCUT2D eigenvalue weighted by molar-refractivity contribution is 0.0600. The second-order valence-electron chi connectivity index (χ2n) is 6.61. The number of esters is 1. The Balaban J connectivity index is 1.80. The number of hydrogen-bond donors (Lipinski definition) is 1. The highest BCUT2D eigenvalue weighted by Crippen LogP contribution is 2.30. The number of ether oxygens (including phenoxy) is 1. The lowest BCUT2D eigenvalue weighted by Gasteiger charge is -2.10. The Morgan fingerprint density at radius 2 is 1.47 bits per heavy atom. The molecule has 6 heteroatoms. The van der Waals surface area contributed by atoms with Gasteiger partial charge < -0.3 is 14.9 Å². The highest BCUT2D eigenvalue weighted by atomic mass is 16.5. The van der Waals surface area contributed by atoms with E-state index in [1.807, 2.05) is 42.5 Å². The van der Waals surface area contributed by atoms with Crippen LogP contribution in [-0.2, 0) is 4.74 Å². The Bertz CT molecular complexity index is 1200. The number of furan rings is 1. The van der Waals surface area contributed by atoms with Crippen LogP contribution in [-0.4, -0.2) is 24.0 Å². The largest absolute Gasteiger partial charge is 0.465 e. The molecular formula is C24H18N2O4. The van der Waals surface area contributed by atoms with Crippen molar-refractivity contribution in [3.05, 3.63) is 90.2 Å². The normalized spacial score (nSPS) is 10.6. The van der Waals surface area contributed by atoms with Gasteiger partial charge in [0.2, 0.25) is 5.91 Å². The number of methoxy groups -OCH3 is 1. The fourth-order valence-electron chi connectivity index (χ4n) is 3.12. The number of nitrogens with two attached hydrogens (primary N) is 1. The summed E-state index contributed by atoms with van der Waals surface area (Å²) in [4.78, 5) is 27.8. The van der Waals surface area contributed by atoms with Crippen LogP contribution in [0.2, 0.25) is 0 Å². The molecule has 2 aromatic carbocycles. The van der Waals surface area contributed by atoms with E-state index in [2.05, 4.69) is 0 Å². The average molecular weight is 398 g/mol. The number of benzene rings is 2. The summed E-state index contributed by atoms with van der Waals surface area (Å²) in [6.45, 7) is 0. The number of aromatic nitrogens is 1. The Labute approximate surface area is 172 Å². The molecule has 4 aromatic rings. The van der Waals surface area contributed by atoms with Gasteiger partial charge in [-0.2, -0.15) is 0 Å². The zero-order valence-corrected chi connectivity index (χ0v) is 16.2. The number of primary amides is 1. The second kappa shape index (κ2) is 8.05. The lowest BCUT2D eigenvalue weighted by Crippen LogP contribution is -2.10. The topological polar surface area (TPSA) is 95.4 Å². The quantitative estimate of drug-likeness (QED) is 0.497. The number of hydrogen-bond acceptors (Lipinski definition) is 5. The van der Waals surface area contributed by atoms with Gasteiger partial charge in [0.1, 0.15) is 5.69 Å². The Hall–Kier alpha value is -4.19. The number of nitrogens with zero attached hydrogens (tertiary/aromatic N) is 1. The van der Waals surface area contributed by atoms with Crippen LogP contribution in [0, 0.1) is 0 Å². The molecule has 2 aromatic heterocycles. The first kappa shape index (κ1) is 19.1. The second-order valence-corrected chi connectivity index (χ2v) is 6.61. The van der Waals surface area contributed by atoms with Crippen molar-refractivity contribution in [2.75, 3.05) is 7.11 Å². The van der Waals surface area contributed by atoms with E-state index in [-0.39, 0.29) is 0 Å². The van der Waals surface area contributed by atoms with Gasteiger partial charge in [0.15, 0.2) is 5.76 Å². The first-order chi connectivity index (χ1) is 14.5. The first-order valence-electron chi connectivity index (χ1n) is 9.20. The molecule has 1 amide bonds. The maximum Gasteiger partial charge on any atom is 0.337 e. The van der Waals surface area contributed by atoms with E-state index >= 15 is 0 Å². The third-order valence-electron chi connectivity index (χ3n) is 4.70. The summed E-state index contributed by atoms with van der Waals surface area (Å²) >= 11 is 0. The third-order valence-corrected chi connectivity index (χ3v) is 4.70. The fraction of sp³-hybridized carbons (Fsp3) is 0.0417. The molecule has 0 aliphatic rings. The summed E-state index contributed by atoms with van der Waals surface area (Å²) in [6.07, 6.45) is 1.59. The van der Waals surface area contributed by atoms with Gasteiger partial charge in [-0.3, -0.25) is 4.79 Å². The van der Waals surface area contributed by atoms with Crippen LogP contribution in [0.5, 0.6) is 0 Å². The van der Waals surface area contributed by atoms with E-state index in [4.69, 9.17) is 19.9 Å². The molecule has 0 atom stereocenters. The molecule has 0 saturated heterocycles. The van der Waals surface area contributed by atoms with E-state index in [1.54, 1.807) is 36.6 Å². The minimum Gasteiger partial charge on any atom is -0.465 e. The molecule has 0 unspecified atom stereocenters. The van der Waals surface area contributed by atoms with Crippen LogP contribution in [0.25, 0.3) is 33.8 Å². The van der Waals surface area contributed by atoms with Crippen molar-refractivity contribution in [1.82, 2.24) is 4.98 Å². The summed E-state index contributed by atoms with van der Waals surface area (Å²) < 4.78 is 10.3. The van der Waals surface area contributed by atoms with Gasteiger partial charge in [-0.05, 0) is 59.7 Å². The van der Waals surface area contributed by atoms with Gasteiger partial charge in [0.25, 0.3) is 0 Å². The highest BCUT2D eigenvalue weighted by molar-refractivity contribution is 5.93. The van der Waals surface area contributed by atoms with Crippen molar-refractivity contribution in [2.24, 2.45) is 5.73 Å². The predicted octanol–water partition coefficient (Wildman–Crippen LogP) is 4.56. The summed E-state index contributed by atoms with van der Waals surface area (Å²) in [6, 6.07) is 21.6. The van der Waals surface area contributed by atoms with E-state index in [0.717, 1.165) is 16.7 Å². The summed E-state index contributed by atoms with van der Waals surface area (Å²) in [7, 11) is 1.35. The Morgan fingerprint density at radius 3 is 2.07 bits per heavy atom. The van der Waals surface area contributed by atoms with E-state index in [9.17, 15) is 9.59 Å². The summed E-state index contributed by atoms with van der Waals surface area (Å²) in [5.41, 5.74) is 10.3. The number of rotatable bonds is 5. The molecule has 2 N–H and O–H groups in total. The molecule has 0 aliphatic carbocycles. The smallest absolute Gasteiger partial charge is 0.337 e. The highest BCUT2D eigenvalue weighted by Gasteiger charge is 2.12. The minimum atomic E-state index is -0.473. The Kier molecular flexibility index (Phi) is 5.13. The van der Waals surface area contributed by atoms with Crippen LogP contribution in [0.3, 0.4) is 0 Å². The van der Waals surface area contributed by atoms with Gasteiger partial charge in [-0.15, -0.1) is 0 Å². The summed E-state index contributed by atoms with van der Waals surface area (Å²) in [5.74, 6) is -0.231. The van der Waals surface area contributed by atoms with Crippen molar-refractivity contribution in [1.29, 1.82) is 0 Å². The van der Waals surface area contributed by atoms with Gasteiger partial charge in [0.05, 0.1) is 24.6 Å². The maximum atomic E-state index is 11.7. The molecule has 0 fully saturated rings. The summed E-state index contributed by atoms with van der Waals surface area (Å²) in [5, 5.41) is 0. The van der Waals surface area contributed by atoms with Gasteiger partial charge in [-0.25, -0.2) is 9.78 Å². The molecule has 0 bridgehead atoms. The molecular weight excluding hydrogens is 380 g/mol. The van der Waals surface area contributed by atoms with Crippen LogP contribution >= 0.6 is 0 Å². The zero-order chi connectivity index (χ0) is 21.1. The Morgan fingerprint density at radius 1 is 0.833 bits per heavy atom. The van der Waals surface area contributed by atoms with Crippen molar-refractivity contribution < 1.29 is 18.7 Å². The number of carbonyl (C=O) groups excluding carboxylic acids is 2. The molecule has 2 heterocycles. The molecule has 0 aliphatic heterocycles. The van der Waals surface area contributed by atoms with Crippen LogP contribution in [0.1, 0.15) is 20.7 Å². The fourth-order valence-corrected chi connectivity index (χ4v) is 3.12. The van der Waals surface area contributed by atoms with Gasteiger partial charge in [-0.1, -0.05) is 24.3 Å². The average Bonchev–Trinajstić information content (AvgIpc) is 3.33. The monoisotopic (exact) mass is 398 g/mol. The number of carbonyl (C=O) groups is 2. The van der Waals surface area contributed by atoms with Crippen molar-refractivity contribution in [2.45, 2.75) is 0 Å². The minimum absolute atomic E-state index is 0.394. The van der Waals surface area contributed by atoms with Crippen LogP contribution in [0.15, 0.2) is 83.5 Å². The predicted molar refractivity (Wildman–Crippen MR) is 113 cm³/mol. The first-order valence-corrected chi connectivity index (χ1v) is 9.20. The molecule has 148 valence electrons. The van der Waals surface area contributed by atoms with Crippen molar-refractivity contribution in [3.63, 3.8) is 0 Å². The van der Waals surface area contributed by atoms with E-state index in [0.29, 0.717) is 28.3 Å². The molecule has 4 rings (SSSR count). The third kappa shape index (κ3) is 3.84. The standard InChI is InChI=1S/C24H18N2O4/c1-29-24(28)18-10-6-16(7-11-18)20-13-19(14-21(26-20)22-3-2-12-30-22)15-4-8-17(9-5-15)23(25)27/h2-14H,1H3,(H2,25,27). The van der Waals surface area contributed by atoms with Crippen LogP contribution < -0.4 is 5.73 Å². The molecule has 6 nitrogen and oxygen atoms in total. The maximum absolute atomic E-state index is 11.7. The zero-order valence-electron chi connectivity index (χ0n) is 16.2. The van der Waals surface area contributed by atoms with E-state index < -0.39 is 11.9 Å². The lowest BCUT2D eigenvalue weighted by atomic mass is 10.00. The van der Waals surface area contributed by atoms with Crippen molar-refractivity contribution in [3.8, 4) is 33.8 Å². The van der Waals surface area contributed by atoms with Crippen molar-refractivity contribution >= 4 is 11.9 Å². The number of pyridine rings is 1. The van der Waals surface area contributed by atoms with E-state index in [1.165, 1.54) is 7.11 Å². The molecule has 0 saturated carbocycles. The number of amides is 1. The molecule has 30 heavy (non-hydrogen) atoms. The van der Waals surface area contributed by atoms with Gasteiger partial charge in [0, 0.05) is 11.1 Å². The molecule has 0 spiro atoms. The SMILES string of the molecule is COC(=O)c1ccc(-c2cc(-c3ccc(C(N)=O)cc3)cc(-c3ccco3)n2)cc1. The molecule has 0 radical (unpaired) electrons.